The van der Waals surface area contributed by atoms with Crippen molar-refractivity contribution in [3.63, 3.8) is 0 Å². The molecule has 1 heterocycles. The lowest BCUT2D eigenvalue weighted by molar-refractivity contribution is -0.143. The highest BCUT2D eigenvalue weighted by atomic mass is 16.4. The number of imidazole rings is 1. The molecule has 0 aliphatic carbocycles. The van der Waals surface area contributed by atoms with Crippen molar-refractivity contribution < 1.29 is 58.8 Å². The molecule has 356 valence electrons. The number of nitrogens with one attached hydrogen (secondary N) is 7. The van der Waals surface area contributed by atoms with Crippen molar-refractivity contribution >= 4 is 47.4 Å². The summed E-state index contributed by atoms with van der Waals surface area (Å²) in [6, 6.07) is -0.754. The summed E-state index contributed by atoms with van der Waals surface area (Å²) in [7, 11) is 0. The topological polar surface area (TPSA) is 318 Å². The van der Waals surface area contributed by atoms with Crippen LogP contribution in [0.1, 0.15) is 121 Å². The van der Waals surface area contributed by atoms with Crippen LogP contribution in [0.3, 0.4) is 0 Å². The molecule has 64 heavy (non-hydrogen) atoms. The molecule has 0 bridgehead atoms. The van der Waals surface area contributed by atoms with Crippen molar-refractivity contribution in [2.75, 3.05) is 13.2 Å². The van der Waals surface area contributed by atoms with E-state index >= 15 is 0 Å². The van der Waals surface area contributed by atoms with Gasteiger partial charge in [-0.25, -0.2) is 9.78 Å². The molecule has 0 aliphatic rings. The lowest BCUT2D eigenvalue weighted by atomic mass is 10.0. The van der Waals surface area contributed by atoms with Crippen molar-refractivity contribution in [2.24, 2.45) is 0 Å². The zero-order valence-electron chi connectivity index (χ0n) is 36.9. The number of aliphatic hydroxyl groups is 2. The maximum atomic E-state index is 13.7. The van der Waals surface area contributed by atoms with Gasteiger partial charge in [0.1, 0.15) is 36.3 Å². The van der Waals surface area contributed by atoms with E-state index in [-0.39, 0.29) is 19.3 Å². The number of aromatic amines is 1. The number of benzene rings is 1. The van der Waals surface area contributed by atoms with Gasteiger partial charge in [0.2, 0.25) is 35.4 Å². The molecule has 6 atom stereocenters. The van der Waals surface area contributed by atoms with Gasteiger partial charge in [-0.2, -0.15) is 0 Å². The molecule has 0 saturated carbocycles. The minimum Gasteiger partial charge on any atom is -0.481 e. The lowest BCUT2D eigenvalue weighted by Crippen LogP contribution is -2.60. The number of nitrogens with zero attached hydrogens (tertiary/aromatic N) is 1. The van der Waals surface area contributed by atoms with Crippen LogP contribution in [0.15, 0.2) is 42.9 Å². The second-order valence-corrected chi connectivity index (χ2v) is 15.9. The van der Waals surface area contributed by atoms with Crippen molar-refractivity contribution in [3.05, 3.63) is 54.1 Å². The van der Waals surface area contributed by atoms with Crippen LogP contribution in [0.2, 0.25) is 0 Å². The van der Waals surface area contributed by atoms with Gasteiger partial charge in [-0.15, -0.1) is 0 Å². The Bertz CT molecular complexity index is 1750. The average molecular weight is 901 g/mol. The number of carbonyl (C=O) groups excluding carboxylic acids is 6. The van der Waals surface area contributed by atoms with Crippen molar-refractivity contribution in [1.82, 2.24) is 41.9 Å². The quantitative estimate of drug-likeness (QED) is 0.0440. The van der Waals surface area contributed by atoms with Crippen LogP contribution in [0, 0.1) is 0 Å². The fourth-order valence-electron chi connectivity index (χ4n) is 6.71. The van der Waals surface area contributed by atoms with Gasteiger partial charge in [0.05, 0.1) is 26.0 Å². The Morgan fingerprint density at radius 3 is 1.58 bits per heavy atom. The summed E-state index contributed by atoms with van der Waals surface area (Å²) in [5, 5.41) is 52.5. The van der Waals surface area contributed by atoms with Gasteiger partial charge in [0, 0.05) is 31.2 Å². The van der Waals surface area contributed by atoms with Gasteiger partial charge >= 0.3 is 11.9 Å². The molecule has 6 unspecified atom stereocenters. The summed E-state index contributed by atoms with van der Waals surface area (Å²) in [5.74, 6) is -8.24. The van der Waals surface area contributed by atoms with E-state index in [9.17, 15) is 58.8 Å². The Labute approximate surface area is 373 Å². The standard InChI is InChI=1S/C44H68N8O12/c1-3-4-5-6-7-8-9-10-11-12-13-14-18-21-37(55)48-34(24-38(56)57)40(59)47-29(2)39(58)49-33(23-31-25-45-28-46-31)42(61)51-35(26-53)43(62)50-32(22-30-19-16-15-17-20-30)41(60)52-36(27-54)44(63)64/h15-17,19-20,25,28-29,32-36,53-54H,3-14,18,21-24,26-27H2,1-2H3,(H,45,46)(H,47,59)(H,48,55)(H,49,58)(H,50,62)(H,51,61)(H,52,60)(H,56,57)(H,63,64). The Morgan fingerprint density at radius 2 is 1.06 bits per heavy atom. The third-order valence-electron chi connectivity index (χ3n) is 10.4. The number of H-pyrrole nitrogens is 1. The zero-order chi connectivity index (χ0) is 47.3. The minimum atomic E-state index is -1.69. The lowest BCUT2D eigenvalue weighted by Gasteiger charge is -2.26. The first-order chi connectivity index (χ1) is 30.7. The SMILES string of the molecule is CCCCCCCCCCCCCCCC(=O)NC(CC(=O)O)C(=O)NC(C)C(=O)NC(Cc1cnc[nH]1)C(=O)NC(CO)C(=O)NC(Cc1ccccc1)C(=O)NC(CO)C(=O)O. The maximum Gasteiger partial charge on any atom is 0.328 e. The molecule has 6 amide bonds. The van der Waals surface area contributed by atoms with E-state index in [1.165, 1.54) is 70.8 Å². The van der Waals surface area contributed by atoms with Crippen molar-refractivity contribution in [1.29, 1.82) is 0 Å². The number of aromatic nitrogens is 2. The molecule has 11 N–H and O–H groups in total. The first-order valence-electron chi connectivity index (χ1n) is 22.2. The summed E-state index contributed by atoms with van der Waals surface area (Å²) >= 11 is 0. The number of aliphatic hydroxyl groups excluding tert-OH is 2. The zero-order valence-corrected chi connectivity index (χ0v) is 36.9. The normalized spacial score (nSPS) is 13.8. The Balaban J connectivity index is 2.01. The molecule has 2 aromatic rings. The first-order valence-corrected chi connectivity index (χ1v) is 22.2. The third-order valence-corrected chi connectivity index (χ3v) is 10.4. The number of amides is 6. The van der Waals surface area contributed by atoms with Gasteiger partial charge in [0.15, 0.2) is 0 Å². The highest BCUT2D eigenvalue weighted by Crippen LogP contribution is 2.13. The number of carboxylic acids is 2. The van der Waals surface area contributed by atoms with Crippen LogP contribution in [0.4, 0.5) is 0 Å². The smallest absolute Gasteiger partial charge is 0.328 e. The minimum absolute atomic E-state index is 0.0875. The molecule has 0 fully saturated rings. The van der Waals surface area contributed by atoms with Crippen molar-refractivity contribution in [3.8, 4) is 0 Å². The average Bonchev–Trinajstić information content (AvgIpc) is 3.78. The maximum absolute atomic E-state index is 13.7. The largest absolute Gasteiger partial charge is 0.481 e. The fraction of sp³-hybridized carbons (Fsp3) is 0.614. The number of rotatable bonds is 34. The summed E-state index contributed by atoms with van der Waals surface area (Å²) < 4.78 is 0. The van der Waals surface area contributed by atoms with Crippen LogP contribution in [0.25, 0.3) is 0 Å². The van der Waals surface area contributed by atoms with E-state index in [1.54, 1.807) is 30.3 Å². The van der Waals surface area contributed by atoms with Crippen molar-refractivity contribution in [2.45, 2.75) is 159 Å². The van der Waals surface area contributed by atoms with E-state index in [0.29, 0.717) is 17.7 Å². The molecular weight excluding hydrogens is 833 g/mol. The monoisotopic (exact) mass is 900 g/mol. The van der Waals surface area contributed by atoms with Crippen LogP contribution in [0.5, 0.6) is 0 Å². The molecule has 0 aliphatic heterocycles. The molecule has 2 rings (SSSR count). The molecule has 20 heteroatoms. The predicted molar refractivity (Wildman–Crippen MR) is 234 cm³/mol. The summed E-state index contributed by atoms with van der Waals surface area (Å²) in [6.45, 7) is 1.57. The number of unbranched alkanes of at least 4 members (excludes halogenated alkanes) is 12. The molecule has 0 saturated heterocycles. The van der Waals surface area contributed by atoms with Crippen LogP contribution < -0.4 is 31.9 Å². The second kappa shape index (κ2) is 31.0. The Morgan fingerprint density at radius 1 is 0.578 bits per heavy atom. The van der Waals surface area contributed by atoms with Gasteiger partial charge in [0.25, 0.3) is 0 Å². The fourth-order valence-corrected chi connectivity index (χ4v) is 6.71. The molecule has 0 radical (unpaired) electrons. The van der Waals surface area contributed by atoms with E-state index in [0.717, 1.165) is 25.7 Å². The molecule has 1 aromatic carbocycles. The van der Waals surface area contributed by atoms with Gasteiger partial charge in [-0.3, -0.25) is 33.6 Å². The van der Waals surface area contributed by atoms with E-state index in [4.69, 9.17) is 0 Å². The number of carbonyl (C=O) groups is 8. The van der Waals surface area contributed by atoms with Gasteiger partial charge in [-0.05, 0) is 18.9 Å². The Hall–Kier alpha value is -5.89. The second-order valence-electron chi connectivity index (χ2n) is 15.9. The Kier molecular flexibility index (Phi) is 26.3. The third kappa shape index (κ3) is 22.0. The molecule has 0 spiro atoms. The van der Waals surface area contributed by atoms with Gasteiger partial charge in [-0.1, -0.05) is 114 Å². The van der Waals surface area contributed by atoms with E-state index in [1.807, 2.05) is 0 Å². The highest BCUT2D eigenvalue weighted by molar-refractivity contribution is 5.97. The number of aliphatic carboxylic acids is 2. The van der Waals surface area contributed by atoms with E-state index < -0.39 is 103 Å². The molecule has 1 aromatic heterocycles. The summed E-state index contributed by atoms with van der Waals surface area (Å²) in [5.41, 5.74) is 0.931. The number of carboxylic acid groups (broad SMARTS) is 2. The summed E-state index contributed by atoms with van der Waals surface area (Å²) in [4.78, 5) is 109. The predicted octanol–water partition coefficient (Wildman–Crippen LogP) is 1.15. The number of hydrogen-bond acceptors (Lipinski definition) is 11. The summed E-state index contributed by atoms with van der Waals surface area (Å²) in [6.07, 6.45) is 16.3. The molecule has 20 nitrogen and oxygen atoms in total. The first kappa shape index (κ1) is 54.2. The van der Waals surface area contributed by atoms with Gasteiger partial charge < -0.3 is 57.3 Å². The highest BCUT2D eigenvalue weighted by Gasteiger charge is 2.33. The number of hydrogen-bond donors (Lipinski definition) is 11. The van der Waals surface area contributed by atoms with Crippen LogP contribution in [-0.4, -0.2) is 127 Å². The van der Waals surface area contributed by atoms with Crippen LogP contribution >= 0.6 is 0 Å². The molecular formula is C44H68N8O12. The van der Waals surface area contributed by atoms with E-state index in [2.05, 4.69) is 48.8 Å². The van der Waals surface area contributed by atoms with Crippen LogP contribution in [-0.2, 0) is 51.2 Å².